The minimum atomic E-state index is -1.71. The van der Waals surface area contributed by atoms with Gasteiger partial charge in [0.15, 0.2) is 0 Å². The second-order valence-corrected chi connectivity index (χ2v) is 9.54. The Labute approximate surface area is 234 Å². The van der Waals surface area contributed by atoms with Crippen LogP contribution in [0.15, 0.2) is 96.1 Å². The minimum Gasteiger partial charge on any atom is -0.495 e. The van der Waals surface area contributed by atoms with Gasteiger partial charge >= 0.3 is 5.91 Å². The smallest absolute Gasteiger partial charge is 0.300 e. The second kappa shape index (κ2) is 11.1. The number of ether oxygens (including phenoxy) is 1. The van der Waals surface area contributed by atoms with Crippen LogP contribution in [0, 0.1) is 0 Å². The van der Waals surface area contributed by atoms with Gasteiger partial charge in [-0.3, -0.25) is 9.59 Å². The molecule has 40 heavy (non-hydrogen) atoms. The standard InChI is InChI=1S/C32H33N5O3/c1-5-36(6-2)25-19-20-28(29(21-25)40-4)34-32(33-22(3)38)30(27-18-12-14-23-13-10-11-17-26(23)27)35-37(31(32)39)24-15-8-7-9-16-24/h7-21,34H,5-6H2,1-4H3,(H,33,38). The van der Waals surface area contributed by atoms with E-state index < -0.39 is 11.6 Å². The highest BCUT2D eigenvalue weighted by molar-refractivity contribution is 6.33. The summed E-state index contributed by atoms with van der Waals surface area (Å²) in [5.41, 5.74) is 1.52. The molecule has 0 radical (unpaired) electrons. The first kappa shape index (κ1) is 26.7. The van der Waals surface area contributed by atoms with Crippen molar-refractivity contribution in [1.82, 2.24) is 5.32 Å². The molecule has 8 heteroatoms. The Bertz CT molecular complexity index is 1580. The van der Waals surface area contributed by atoms with Crippen LogP contribution in [0.3, 0.4) is 0 Å². The number of hydrogen-bond donors (Lipinski definition) is 2. The Balaban J connectivity index is 1.72. The third-order valence-corrected chi connectivity index (χ3v) is 7.11. The van der Waals surface area contributed by atoms with Gasteiger partial charge in [0.25, 0.3) is 0 Å². The number of hydrogen-bond acceptors (Lipinski definition) is 6. The first-order valence-corrected chi connectivity index (χ1v) is 13.4. The zero-order valence-corrected chi connectivity index (χ0v) is 23.1. The number of para-hydroxylation sites is 1. The molecule has 1 heterocycles. The van der Waals surface area contributed by atoms with Crippen molar-refractivity contribution in [3.63, 3.8) is 0 Å². The fourth-order valence-electron chi connectivity index (χ4n) is 5.20. The summed E-state index contributed by atoms with van der Waals surface area (Å²) < 4.78 is 5.78. The number of benzene rings is 4. The lowest BCUT2D eigenvalue weighted by molar-refractivity contribution is -0.127. The molecule has 204 valence electrons. The van der Waals surface area contributed by atoms with Crippen molar-refractivity contribution in [2.24, 2.45) is 5.10 Å². The molecule has 1 atom stereocenters. The van der Waals surface area contributed by atoms with Crippen molar-refractivity contribution in [3.05, 3.63) is 96.6 Å². The molecule has 0 aromatic heterocycles. The SMILES string of the molecule is CCN(CC)c1ccc(NC2(NC(C)=O)C(=O)N(c3ccccc3)N=C2c2cccc3ccccc23)c(OC)c1. The summed E-state index contributed by atoms with van der Waals surface area (Å²) in [5.74, 6) is -0.286. The predicted octanol–water partition coefficient (Wildman–Crippen LogP) is 5.39. The fraction of sp³-hybridized carbons (Fsp3) is 0.219. The van der Waals surface area contributed by atoms with E-state index in [-0.39, 0.29) is 5.91 Å². The number of hydrazone groups is 1. The van der Waals surface area contributed by atoms with Crippen LogP contribution < -0.4 is 25.3 Å². The first-order valence-electron chi connectivity index (χ1n) is 13.4. The van der Waals surface area contributed by atoms with Crippen molar-refractivity contribution in [3.8, 4) is 5.75 Å². The Kier molecular flexibility index (Phi) is 7.42. The summed E-state index contributed by atoms with van der Waals surface area (Å²) in [5, 5.41) is 14.4. The molecule has 4 aromatic rings. The highest BCUT2D eigenvalue weighted by Gasteiger charge is 2.54. The summed E-state index contributed by atoms with van der Waals surface area (Å²) in [7, 11) is 1.59. The molecule has 0 saturated heterocycles. The van der Waals surface area contributed by atoms with Crippen LogP contribution in [0.25, 0.3) is 10.8 Å². The third kappa shape index (κ3) is 4.73. The topological polar surface area (TPSA) is 86.3 Å². The average Bonchev–Trinajstić information content (AvgIpc) is 3.25. The summed E-state index contributed by atoms with van der Waals surface area (Å²) in [6.45, 7) is 7.26. The molecule has 8 nitrogen and oxygen atoms in total. The summed E-state index contributed by atoms with van der Waals surface area (Å²) in [6.07, 6.45) is 0. The van der Waals surface area contributed by atoms with Crippen LogP contribution in [-0.4, -0.2) is 43.4 Å². The number of rotatable bonds is 9. The van der Waals surface area contributed by atoms with Gasteiger partial charge in [-0.1, -0.05) is 60.7 Å². The molecule has 1 unspecified atom stereocenters. The molecule has 0 aliphatic carbocycles. The van der Waals surface area contributed by atoms with E-state index in [1.54, 1.807) is 7.11 Å². The molecule has 2 N–H and O–H groups in total. The zero-order chi connectivity index (χ0) is 28.3. The molecule has 2 amide bonds. The largest absolute Gasteiger partial charge is 0.495 e. The van der Waals surface area contributed by atoms with Gasteiger partial charge in [-0.15, -0.1) is 0 Å². The quantitative estimate of drug-likeness (QED) is 0.281. The number of carbonyl (C=O) groups excluding carboxylic acids is 2. The lowest BCUT2D eigenvalue weighted by Gasteiger charge is -2.33. The van der Waals surface area contributed by atoms with Crippen LogP contribution in [0.1, 0.15) is 26.3 Å². The zero-order valence-electron chi connectivity index (χ0n) is 23.1. The first-order chi connectivity index (χ1) is 19.4. The van der Waals surface area contributed by atoms with Gasteiger partial charge in [0.05, 0.1) is 18.5 Å². The molecule has 0 saturated carbocycles. The van der Waals surface area contributed by atoms with Gasteiger partial charge in [-0.2, -0.15) is 10.1 Å². The van der Waals surface area contributed by atoms with Gasteiger partial charge in [-0.25, -0.2) is 0 Å². The average molecular weight is 536 g/mol. The highest BCUT2D eigenvalue weighted by atomic mass is 16.5. The Hall–Kier alpha value is -4.85. The van der Waals surface area contributed by atoms with E-state index in [1.165, 1.54) is 11.9 Å². The predicted molar refractivity (Wildman–Crippen MR) is 161 cm³/mol. The number of fused-ring (bicyclic) bond motifs is 1. The van der Waals surface area contributed by atoms with Gasteiger partial charge in [0.2, 0.25) is 11.6 Å². The van der Waals surface area contributed by atoms with Crippen LogP contribution >= 0.6 is 0 Å². The molecule has 5 rings (SSSR count). The second-order valence-electron chi connectivity index (χ2n) is 9.54. The maximum atomic E-state index is 14.4. The number of methoxy groups -OCH3 is 1. The van der Waals surface area contributed by atoms with Gasteiger partial charge in [0.1, 0.15) is 11.5 Å². The van der Waals surface area contributed by atoms with E-state index in [0.717, 1.165) is 35.1 Å². The minimum absolute atomic E-state index is 0.378. The van der Waals surface area contributed by atoms with E-state index in [2.05, 4.69) is 29.4 Å². The van der Waals surface area contributed by atoms with E-state index in [4.69, 9.17) is 9.84 Å². The van der Waals surface area contributed by atoms with Gasteiger partial charge in [0, 0.05) is 37.3 Å². The number of anilines is 3. The summed E-state index contributed by atoms with van der Waals surface area (Å²) in [6, 6.07) is 28.7. The molecule has 0 fully saturated rings. The van der Waals surface area contributed by atoms with Crippen molar-refractivity contribution < 1.29 is 14.3 Å². The van der Waals surface area contributed by atoms with Gasteiger partial charge < -0.3 is 20.3 Å². The van der Waals surface area contributed by atoms with E-state index in [9.17, 15) is 9.59 Å². The normalized spacial score (nSPS) is 16.6. The van der Waals surface area contributed by atoms with E-state index in [0.29, 0.717) is 22.8 Å². The number of amides is 2. The lowest BCUT2D eigenvalue weighted by atomic mass is 9.91. The Morgan fingerprint density at radius 3 is 2.35 bits per heavy atom. The van der Waals surface area contributed by atoms with E-state index >= 15 is 0 Å². The Morgan fingerprint density at radius 2 is 1.65 bits per heavy atom. The van der Waals surface area contributed by atoms with Crippen molar-refractivity contribution in [1.29, 1.82) is 0 Å². The fourth-order valence-corrected chi connectivity index (χ4v) is 5.20. The maximum Gasteiger partial charge on any atom is 0.300 e. The Morgan fingerprint density at radius 1 is 0.950 bits per heavy atom. The summed E-state index contributed by atoms with van der Waals surface area (Å²) >= 11 is 0. The van der Waals surface area contributed by atoms with Crippen LogP contribution in [-0.2, 0) is 9.59 Å². The van der Waals surface area contributed by atoms with Crippen molar-refractivity contribution in [2.75, 3.05) is 35.4 Å². The number of nitrogens with one attached hydrogen (secondary N) is 2. The number of nitrogens with zero attached hydrogens (tertiary/aromatic N) is 3. The molecular formula is C32H33N5O3. The van der Waals surface area contributed by atoms with Crippen LogP contribution in [0.5, 0.6) is 5.75 Å². The van der Waals surface area contributed by atoms with Crippen molar-refractivity contribution in [2.45, 2.75) is 26.4 Å². The lowest BCUT2D eigenvalue weighted by Crippen LogP contribution is -2.64. The monoisotopic (exact) mass is 535 g/mol. The maximum absolute atomic E-state index is 14.4. The van der Waals surface area contributed by atoms with Gasteiger partial charge in [-0.05, 0) is 48.9 Å². The third-order valence-electron chi connectivity index (χ3n) is 7.11. The molecule has 1 aliphatic rings. The number of carbonyl (C=O) groups is 2. The molecular weight excluding hydrogens is 502 g/mol. The molecule has 4 aromatic carbocycles. The molecule has 1 aliphatic heterocycles. The van der Waals surface area contributed by atoms with E-state index in [1.807, 2.05) is 91.0 Å². The van der Waals surface area contributed by atoms with Crippen molar-refractivity contribution >= 4 is 45.4 Å². The van der Waals surface area contributed by atoms with Crippen LogP contribution in [0.2, 0.25) is 0 Å². The summed E-state index contributed by atoms with van der Waals surface area (Å²) in [4.78, 5) is 29.4. The molecule has 0 spiro atoms. The highest BCUT2D eigenvalue weighted by Crippen LogP contribution is 2.37. The van der Waals surface area contributed by atoms with Crippen LogP contribution in [0.4, 0.5) is 17.1 Å². The molecule has 0 bridgehead atoms.